The molecule has 0 radical (unpaired) electrons. The molecule has 1 aromatic heterocycles. The number of sulfonamides is 1. The number of nitrogens with zero attached hydrogens (tertiary/aromatic N) is 2. The van der Waals surface area contributed by atoms with Crippen molar-refractivity contribution in [2.45, 2.75) is 69.2 Å². The molecule has 0 bridgehead atoms. The van der Waals surface area contributed by atoms with Crippen molar-refractivity contribution >= 4 is 26.8 Å². The van der Waals surface area contributed by atoms with Crippen molar-refractivity contribution < 1.29 is 13.2 Å². The monoisotopic (exact) mass is 443 g/mol. The van der Waals surface area contributed by atoms with Crippen LogP contribution in [0.3, 0.4) is 0 Å². The van der Waals surface area contributed by atoms with Gasteiger partial charge in [0.15, 0.2) is 0 Å². The van der Waals surface area contributed by atoms with Gasteiger partial charge in [-0.15, -0.1) is 0 Å². The summed E-state index contributed by atoms with van der Waals surface area (Å²) >= 11 is 0. The summed E-state index contributed by atoms with van der Waals surface area (Å²) in [5, 5.41) is 3.92. The zero-order chi connectivity index (χ0) is 21.7. The van der Waals surface area contributed by atoms with E-state index in [0.29, 0.717) is 37.5 Å². The molecule has 2 heterocycles. The number of carbonyl (C=O) groups excluding carboxylic acids is 1. The minimum absolute atomic E-state index is 0.0579. The molecule has 1 N–H and O–H groups in total. The van der Waals surface area contributed by atoms with Crippen LogP contribution in [0.1, 0.15) is 57.8 Å². The van der Waals surface area contributed by atoms with Crippen LogP contribution in [-0.2, 0) is 21.4 Å². The Bertz CT molecular complexity index is 1050. The fourth-order valence-corrected chi connectivity index (χ4v) is 6.15. The molecule has 1 fully saturated rings. The second-order valence-electron chi connectivity index (χ2n) is 8.65. The van der Waals surface area contributed by atoms with E-state index in [0.717, 1.165) is 36.6 Å². The predicted molar refractivity (Wildman–Crippen MR) is 123 cm³/mol. The normalized spacial score (nSPS) is 18.1. The van der Waals surface area contributed by atoms with Crippen LogP contribution >= 0.6 is 0 Å². The standard InChI is InChI=1S/C24H33N3O3S/c28-24(25-14-11-20-7-3-1-4-8-20)13-18-26-17-12-21-19-22(9-10-23(21)26)31(29,30)27-15-5-2-6-16-27/h7,9-10,12,17,19H,1-6,8,11,13-16,18H2,(H,25,28). The number of carbonyl (C=O) groups is 1. The van der Waals surface area contributed by atoms with E-state index in [1.807, 2.05) is 22.9 Å². The molecule has 1 aliphatic heterocycles. The molecule has 168 valence electrons. The van der Waals surface area contributed by atoms with Crippen molar-refractivity contribution in [3.63, 3.8) is 0 Å². The molecule has 7 heteroatoms. The van der Waals surface area contributed by atoms with Crippen LogP contribution in [0.5, 0.6) is 0 Å². The SMILES string of the molecule is O=C(CCn1ccc2cc(S(=O)(=O)N3CCCCC3)ccc21)NCCC1=CCCCC1. The fraction of sp³-hybridized carbons (Fsp3) is 0.542. The summed E-state index contributed by atoms with van der Waals surface area (Å²) in [5.74, 6) is 0.0579. The lowest BCUT2D eigenvalue weighted by molar-refractivity contribution is -0.121. The second kappa shape index (κ2) is 10.0. The molecule has 31 heavy (non-hydrogen) atoms. The lowest BCUT2D eigenvalue weighted by atomic mass is 9.97. The highest BCUT2D eigenvalue weighted by molar-refractivity contribution is 7.89. The minimum Gasteiger partial charge on any atom is -0.356 e. The highest BCUT2D eigenvalue weighted by Crippen LogP contribution is 2.25. The van der Waals surface area contributed by atoms with Crippen LogP contribution < -0.4 is 5.32 Å². The van der Waals surface area contributed by atoms with Crippen molar-refractivity contribution in [3.05, 3.63) is 42.1 Å². The number of aryl methyl sites for hydroxylation is 1. The first-order chi connectivity index (χ1) is 15.0. The maximum Gasteiger partial charge on any atom is 0.243 e. The van der Waals surface area contributed by atoms with Gasteiger partial charge in [-0.05, 0) is 69.2 Å². The third-order valence-electron chi connectivity index (χ3n) is 6.43. The lowest BCUT2D eigenvalue weighted by Crippen LogP contribution is -2.35. The van der Waals surface area contributed by atoms with Crippen molar-refractivity contribution in [2.75, 3.05) is 19.6 Å². The van der Waals surface area contributed by atoms with Gasteiger partial charge in [0.1, 0.15) is 0 Å². The molecule has 0 unspecified atom stereocenters. The van der Waals surface area contributed by atoms with Crippen LogP contribution in [-0.4, -0.2) is 42.8 Å². The Hall–Kier alpha value is -2.12. The number of benzene rings is 1. The molecular formula is C24H33N3O3S. The van der Waals surface area contributed by atoms with E-state index in [4.69, 9.17) is 0 Å². The van der Waals surface area contributed by atoms with E-state index in [1.165, 1.54) is 31.3 Å². The quantitative estimate of drug-likeness (QED) is 0.621. The topological polar surface area (TPSA) is 71.4 Å². The van der Waals surface area contributed by atoms with Crippen LogP contribution in [0.15, 0.2) is 47.0 Å². The van der Waals surface area contributed by atoms with Gasteiger partial charge in [-0.1, -0.05) is 18.1 Å². The Balaban J connectivity index is 1.33. The number of hydrogen-bond acceptors (Lipinski definition) is 3. The van der Waals surface area contributed by atoms with Gasteiger partial charge in [-0.25, -0.2) is 8.42 Å². The summed E-state index contributed by atoms with van der Waals surface area (Å²) in [6.45, 7) is 2.49. The van der Waals surface area contributed by atoms with Gasteiger partial charge in [0.05, 0.1) is 4.90 Å². The smallest absolute Gasteiger partial charge is 0.243 e. The molecule has 0 saturated carbocycles. The van der Waals surface area contributed by atoms with Crippen molar-refractivity contribution in [1.82, 2.24) is 14.2 Å². The number of fused-ring (bicyclic) bond motifs is 1. The van der Waals surface area contributed by atoms with Gasteiger partial charge < -0.3 is 9.88 Å². The molecule has 2 aromatic rings. The molecular weight excluding hydrogens is 410 g/mol. The molecule has 4 rings (SSSR count). The highest BCUT2D eigenvalue weighted by Gasteiger charge is 2.26. The van der Waals surface area contributed by atoms with Gasteiger partial charge >= 0.3 is 0 Å². The van der Waals surface area contributed by atoms with Gasteiger partial charge in [-0.3, -0.25) is 4.79 Å². The Morgan fingerprint density at radius 3 is 2.65 bits per heavy atom. The summed E-state index contributed by atoms with van der Waals surface area (Å²) in [7, 11) is -3.43. The summed E-state index contributed by atoms with van der Waals surface area (Å²) in [4.78, 5) is 12.6. The molecule has 0 atom stereocenters. The Kier molecular flexibility index (Phi) is 7.13. The van der Waals surface area contributed by atoms with E-state index in [2.05, 4.69) is 11.4 Å². The number of piperidine rings is 1. The number of nitrogens with one attached hydrogen (secondary N) is 1. The van der Waals surface area contributed by atoms with Crippen molar-refractivity contribution in [2.24, 2.45) is 0 Å². The third-order valence-corrected chi connectivity index (χ3v) is 8.32. The average Bonchev–Trinajstić information content (AvgIpc) is 3.21. The second-order valence-corrected chi connectivity index (χ2v) is 10.6. The van der Waals surface area contributed by atoms with E-state index in [-0.39, 0.29) is 5.91 Å². The molecule has 1 aliphatic carbocycles. The first-order valence-corrected chi connectivity index (χ1v) is 13.0. The molecule has 0 spiro atoms. The molecule has 1 aromatic carbocycles. The van der Waals surface area contributed by atoms with Gasteiger partial charge in [0, 0.05) is 49.7 Å². The van der Waals surface area contributed by atoms with Gasteiger partial charge in [-0.2, -0.15) is 4.31 Å². The van der Waals surface area contributed by atoms with Crippen LogP contribution in [0, 0.1) is 0 Å². The Labute approximate surface area is 185 Å². The van der Waals surface area contributed by atoms with E-state index in [9.17, 15) is 13.2 Å². The molecule has 1 saturated heterocycles. The van der Waals surface area contributed by atoms with Crippen LogP contribution in [0.4, 0.5) is 0 Å². The van der Waals surface area contributed by atoms with E-state index >= 15 is 0 Å². The van der Waals surface area contributed by atoms with Gasteiger partial charge in [0.25, 0.3) is 0 Å². The van der Waals surface area contributed by atoms with Gasteiger partial charge in [0.2, 0.25) is 15.9 Å². The molecule has 2 aliphatic rings. The zero-order valence-corrected chi connectivity index (χ0v) is 19.0. The zero-order valence-electron chi connectivity index (χ0n) is 18.2. The van der Waals surface area contributed by atoms with Crippen LogP contribution in [0.2, 0.25) is 0 Å². The fourth-order valence-electron chi connectivity index (χ4n) is 4.59. The average molecular weight is 444 g/mol. The predicted octanol–water partition coefficient (Wildman–Crippen LogP) is 4.21. The number of hydrogen-bond donors (Lipinski definition) is 1. The van der Waals surface area contributed by atoms with Crippen molar-refractivity contribution in [1.29, 1.82) is 0 Å². The van der Waals surface area contributed by atoms with Crippen molar-refractivity contribution in [3.8, 4) is 0 Å². The maximum atomic E-state index is 12.9. The largest absolute Gasteiger partial charge is 0.356 e. The summed E-state index contributed by atoms with van der Waals surface area (Å²) < 4.78 is 29.5. The highest BCUT2D eigenvalue weighted by atomic mass is 32.2. The van der Waals surface area contributed by atoms with Crippen LogP contribution in [0.25, 0.3) is 10.9 Å². The first-order valence-electron chi connectivity index (χ1n) is 11.6. The number of rotatable bonds is 8. The number of allylic oxidation sites excluding steroid dienone is 1. The summed E-state index contributed by atoms with van der Waals surface area (Å²) in [5.41, 5.74) is 2.43. The lowest BCUT2D eigenvalue weighted by Gasteiger charge is -2.25. The first kappa shape index (κ1) is 22.1. The maximum absolute atomic E-state index is 12.9. The molecule has 6 nitrogen and oxygen atoms in total. The number of amides is 1. The number of aromatic nitrogens is 1. The summed E-state index contributed by atoms with van der Waals surface area (Å²) in [6.07, 6.45) is 13.5. The Morgan fingerprint density at radius 2 is 1.87 bits per heavy atom. The Morgan fingerprint density at radius 1 is 1.03 bits per heavy atom. The van der Waals surface area contributed by atoms with E-state index < -0.39 is 10.0 Å². The minimum atomic E-state index is -3.43. The van der Waals surface area contributed by atoms with E-state index in [1.54, 1.807) is 16.4 Å². The summed E-state index contributed by atoms with van der Waals surface area (Å²) in [6, 6.07) is 7.24. The third kappa shape index (κ3) is 5.39. The molecule has 1 amide bonds.